The fourth-order valence-corrected chi connectivity index (χ4v) is 4.14. The van der Waals surface area contributed by atoms with Crippen molar-refractivity contribution in [3.8, 4) is 0 Å². The van der Waals surface area contributed by atoms with Gasteiger partial charge in [-0.2, -0.15) is 0 Å². The summed E-state index contributed by atoms with van der Waals surface area (Å²) in [6.07, 6.45) is 3.21. The van der Waals surface area contributed by atoms with Gasteiger partial charge in [0.05, 0.1) is 12.2 Å². The van der Waals surface area contributed by atoms with E-state index in [-0.39, 0.29) is 18.2 Å². The average molecular weight is 415 g/mol. The molecular formula is C21H23BrN2O2. The average Bonchev–Trinajstić information content (AvgIpc) is 2.65. The summed E-state index contributed by atoms with van der Waals surface area (Å²) >= 11 is 3.44. The topological polar surface area (TPSA) is 49.4 Å². The van der Waals surface area contributed by atoms with Crippen LogP contribution in [0.1, 0.15) is 31.2 Å². The molecule has 0 heterocycles. The van der Waals surface area contributed by atoms with Crippen LogP contribution in [0.4, 0.5) is 5.69 Å². The van der Waals surface area contributed by atoms with E-state index < -0.39 is 5.54 Å². The summed E-state index contributed by atoms with van der Waals surface area (Å²) in [7, 11) is 1.87. The van der Waals surface area contributed by atoms with Gasteiger partial charge in [0, 0.05) is 10.9 Å². The summed E-state index contributed by atoms with van der Waals surface area (Å²) in [5.41, 5.74) is 0.987. The lowest BCUT2D eigenvalue weighted by Gasteiger charge is -2.43. The van der Waals surface area contributed by atoms with Crippen LogP contribution in [0.5, 0.6) is 0 Å². The molecule has 1 saturated carbocycles. The maximum absolute atomic E-state index is 13.0. The number of nitrogens with one attached hydrogen (secondary N) is 1. The standard InChI is InChI=1S/C21H23BrN2O2/c1-24(15-20(26)23-18-12-6-5-11-17(18)22)21(14-8-7-13-19(21)25)16-9-3-2-4-10-16/h2-6,9-12H,7-8,13-15H2,1H3,(H,23,26). The minimum atomic E-state index is -0.717. The highest BCUT2D eigenvalue weighted by Gasteiger charge is 2.45. The molecule has 136 valence electrons. The first-order chi connectivity index (χ1) is 12.5. The second kappa shape index (κ2) is 8.14. The third kappa shape index (κ3) is 3.74. The molecule has 0 bridgehead atoms. The Morgan fingerprint density at radius 1 is 1.12 bits per heavy atom. The number of anilines is 1. The number of Topliss-reactive ketones (excluding diaryl/α,β-unsaturated/α-hetero) is 1. The second-order valence-corrected chi connectivity index (χ2v) is 7.60. The van der Waals surface area contributed by atoms with Gasteiger partial charge < -0.3 is 5.32 Å². The molecule has 1 amide bonds. The van der Waals surface area contributed by atoms with Gasteiger partial charge in [-0.1, -0.05) is 48.9 Å². The Kier molecular flexibility index (Phi) is 5.89. The Bertz CT molecular complexity index is 794. The fourth-order valence-electron chi connectivity index (χ4n) is 3.76. The normalized spacial score (nSPS) is 20.2. The number of carbonyl (C=O) groups is 2. The number of ketones is 1. The Morgan fingerprint density at radius 2 is 1.81 bits per heavy atom. The van der Waals surface area contributed by atoms with Crippen molar-refractivity contribution in [2.45, 2.75) is 31.2 Å². The van der Waals surface area contributed by atoms with Crippen molar-refractivity contribution in [1.29, 1.82) is 0 Å². The van der Waals surface area contributed by atoms with Crippen molar-refractivity contribution < 1.29 is 9.59 Å². The van der Waals surface area contributed by atoms with E-state index in [9.17, 15) is 9.59 Å². The Hall–Kier alpha value is -1.98. The zero-order valence-electron chi connectivity index (χ0n) is 14.9. The summed E-state index contributed by atoms with van der Waals surface area (Å²) in [6, 6.07) is 17.3. The van der Waals surface area contributed by atoms with Gasteiger partial charge in [-0.3, -0.25) is 14.5 Å². The molecule has 26 heavy (non-hydrogen) atoms. The summed E-state index contributed by atoms with van der Waals surface area (Å²) in [5, 5.41) is 2.92. The first-order valence-corrected chi connectivity index (χ1v) is 9.68. The molecule has 2 aromatic carbocycles. The largest absolute Gasteiger partial charge is 0.324 e. The Labute approximate surface area is 162 Å². The number of nitrogens with zero attached hydrogens (tertiary/aromatic N) is 1. The van der Waals surface area contributed by atoms with Gasteiger partial charge in [0.1, 0.15) is 5.54 Å². The summed E-state index contributed by atoms with van der Waals surface area (Å²) in [6.45, 7) is 0.155. The maximum atomic E-state index is 13.0. The molecule has 2 aromatic rings. The quantitative estimate of drug-likeness (QED) is 0.790. The van der Waals surface area contributed by atoms with Gasteiger partial charge in [0.25, 0.3) is 0 Å². The van der Waals surface area contributed by atoms with Crippen molar-refractivity contribution in [2.75, 3.05) is 18.9 Å². The van der Waals surface area contributed by atoms with Gasteiger partial charge in [0.15, 0.2) is 5.78 Å². The van der Waals surface area contributed by atoms with E-state index in [2.05, 4.69) is 21.2 Å². The van der Waals surface area contributed by atoms with Crippen molar-refractivity contribution in [3.05, 3.63) is 64.6 Å². The monoisotopic (exact) mass is 414 g/mol. The van der Waals surface area contributed by atoms with Crippen LogP contribution in [0.15, 0.2) is 59.1 Å². The van der Waals surface area contributed by atoms with Crippen molar-refractivity contribution in [2.24, 2.45) is 0 Å². The number of likely N-dealkylation sites (N-methyl/N-ethyl adjacent to an activating group) is 1. The highest BCUT2D eigenvalue weighted by atomic mass is 79.9. The zero-order valence-corrected chi connectivity index (χ0v) is 16.5. The van der Waals surface area contributed by atoms with Crippen molar-refractivity contribution in [1.82, 2.24) is 4.90 Å². The number of halogens is 1. The van der Waals surface area contributed by atoms with E-state index in [4.69, 9.17) is 0 Å². The molecule has 1 fully saturated rings. The van der Waals surface area contributed by atoms with Crippen LogP contribution in [0.25, 0.3) is 0 Å². The lowest BCUT2D eigenvalue weighted by molar-refractivity contribution is -0.135. The van der Waals surface area contributed by atoms with Crippen LogP contribution >= 0.6 is 15.9 Å². The predicted molar refractivity (Wildman–Crippen MR) is 107 cm³/mol. The number of hydrogen-bond acceptors (Lipinski definition) is 3. The van der Waals surface area contributed by atoms with Gasteiger partial charge in [-0.25, -0.2) is 0 Å². The predicted octanol–water partition coefficient (Wildman–Crippen LogP) is 4.36. The molecule has 4 nitrogen and oxygen atoms in total. The van der Waals surface area contributed by atoms with Crippen LogP contribution in [0.2, 0.25) is 0 Å². The lowest BCUT2D eigenvalue weighted by atomic mass is 9.74. The molecule has 0 aromatic heterocycles. The van der Waals surface area contributed by atoms with E-state index in [1.165, 1.54) is 0 Å². The second-order valence-electron chi connectivity index (χ2n) is 6.74. The summed E-state index contributed by atoms with van der Waals surface area (Å²) in [4.78, 5) is 27.5. The lowest BCUT2D eigenvalue weighted by Crippen LogP contribution is -2.53. The number of rotatable bonds is 5. The number of amides is 1. The van der Waals surface area contributed by atoms with Crippen LogP contribution < -0.4 is 5.32 Å². The number of para-hydroxylation sites is 1. The Morgan fingerprint density at radius 3 is 2.50 bits per heavy atom. The Balaban J connectivity index is 1.82. The summed E-state index contributed by atoms with van der Waals surface area (Å²) in [5.74, 6) is 0.0687. The smallest absolute Gasteiger partial charge is 0.238 e. The molecule has 1 aliphatic carbocycles. The highest BCUT2D eigenvalue weighted by molar-refractivity contribution is 9.10. The minimum Gasteiger partial charge on any atom is -0.324 e. The summed E-state index contributed by atoms with van der Waals surface area (Å²) < 4.78 is 0.836. The maximum Gasteiger partial charge on any atom is 0.238 e. The van der Waals surface area contributed by atoms with Gasteiger partial charge in [-0.05, 0) is 53.5 Å². The third-order valence-corrected chi connectivity index (χ3v) is 5.78. The van der Waals surface area contributed by atoms with Gasteiger partial charge in [-0.15, -0.1) is 0 Å². The molecule has 1 atom stereocenters. The molecule has 1 N–H and O–H groups in total. The molecule has 3 rings (SSSR count). The molecule has 0 spiro atoms. The molecule has 0 radical (unpaired) electrons. The van der Waals surface area contributed by atoms with Crippen LogP contribution in [-0.4, -0.2) is 30.2 Å². The first-order valence-electron chi connectivity index (χ1n) is 8.88. The molecule has 1 unspecified atom stereocenters. The molecule has 0 saturated heterocycles. The van der Waals surface area contributed by atoms with Crippen LogP contribution in [0, 0.1) is 0 Å². The van der Waals surface area contributed by atoms with E-state index in [0.29, 0.717) is 6.42 Å². The van der Waals surface area contributed by atoms with Crippen molar-refractivity contribution >= 4 is 33.3 Å². The van der Waals surface area contributed by atoms with E-state index in [0.717, 1.165) is 35.0 Å². The van der Waals surface area contributed by atoms with Crippen molar-refractivity contribution in [3.63, 3.8) is 0 Å². The first kappa shape index (κ1) is 18.8. The number of hydrogen-bond donors (Lipinski definition) is 1. The van der Waals surface area contributed by atoms with Gasteiger partial charge >= 0.3 is 0 Å². The third-order valence-electron chi connectivity index (χ3n) is 5.09. The van der Waals surface area contributed by atoms with E-state index >= 15 is 0 Å². The number of benzene rings is 2. The number of carbonyl (C=O) groups excluding carboxylic acids is 2. The molecule has 0 aliphatic heterocycles. The van der Waals surface area contributed by atoms with Crippen LogP contribution in [-0.2, 0) is 15.1 Å². The highest BCUT2D eigenvalue weighted by Crippen LogP contribution is 2.39. The SMILES string of the molecule is CN(CC(=O)Nc1ccccc1Br)C1(c2ccccc2)CCCCC1=O. The van der Waals surface area contributed by atoms with Gasteiger partial charge in [0.2, 0.25) is 5.91 Å². The van der Waals surface area contributed by atoms with E-state index in [1.807, 2.05) is 66.5 Å². The zero-order chi connectivity index (χ0) is 18.6. The molecule has 5 heteroatoms. The minimum absolute atomic E-state index is 0.131. The van der Waals surface area contributed by atoms with Crippen LogP contribution in [0.3, 0.4) is 0 Å². The molecule has 1 aliphatic rings. The molecular weight excluding hydrogens is 392 g/mol. The van der Waals surface area contributed by atoms with E-state index in [1.54, 1.807) is 0 Å². The fraction of sp³-hybridized carbons (Fsp3) is 0.333.